The first-order chi connectivity index (χ1) is 15.7. The van der Waals surface area contributed by atoms with E-state index in [2.05, 4.69) is 46.5 Å². The zero-order valence-corrected chi connectivity index (χ0v) is 19.7. The number of carbonyl (C=O) groups excluding carboxylic acids is 1. The first-order valence-corrected chi connectivity index (χ1v) is 12.4. The van der Waals surface area contributed by atoms with Gasteiger partial charge in [0.25, 0.3) is 5.91 Å². The Morgan fingerprint density at radius 2 is 2.03 bits per heavy atom. The lowest BCUT2D eigenvalue weighted by Crippen LogP contribution is -2.24. The van der Waals surface area contributed by atoms with Gasteiger partial charge in [0.15, 0.2) is 10.9 Å². The van der Waals surface area contributed by atoms with Crippen LogP contribution in [0.1, 0.15) is 47.2 Å². The van der Waals surface area contributed by atoms with Crippen molar-refractivity contribution in [1.29, 1.82) is 0 Å². The molecule has 1 aromatic carbocycles. The molecule has 1 amide bonds. The number of carbonyl (C=O) groups is 1. The van der Waals surface area contributed by atoms with Crippen LogP contribution in [0, 0.1) is 6.92 Å². The Balaban J connectivity index is 1.49. The zero-order valence-electron chi connectivity index (χ0n) is 18.1. The maximum absolute atomic E-state index is 12.3. The summed E-state index contributed by atoms with van der Waals surface area (Å²) in [5.74, 6) is 1.78. The third-order valence-electron chi connectivity index (χ3n) is 4.84. The van der Waals surface area contributed by atoms with E-state index in [0.717, 1.165) is 35.1 Å². The van der Waals surface area contributed by atoms with Crippen molar-refractivity contribution < 1.29 is 9.21 Å². The quantitative estimate of drug-likeness (QED) is 0.245. The van der Waals surface area contributed by atoms with Crippen LogP contribution in [-0.4, -0.2) is 32.2 Å². The van der Waals surface area contributed by atoms with E-state index in [1.807, 2.05) is 34.2 Å². The SMILES string of the molecule is CCCCCNC(=O)c1csc(CSc2nnc(-c3ccco3)n2-c2ccc(C)cc2)n1. The molecule has 0 radical (unpaired) electrons. The number of amides is 1. The predicted molar refractivity (Wildman–Crippen MR) is 127 cm³/mol. The average Bonchev–Trinajstić information content (AvgIpc) is 3.56. The van der Waals surface area contributed by atoms with Crippen molar-refractivity contribution in [2.45, 2.75) is 44.0 Å². The maximum Gasteiger partial charge on any atom is 0.270 e. The Morgan fingerprint density at radius 3 is 2.78 bits per heavy atom. The summed E-state index contributed by atoms with van der Waals surface area (Å²) in [5.41, 5.74) is 2.61. The molecule has 3 heterocycles. The lowest BCUT2D eigenvalue weighted by Gasteiger charge is -2.09. The topological polar surface area (TPSA) is 85.8 Å². The van der Waals surface area contributed by atoms with Gasteiger partial charge in [-0.2, -0.15) is 0 Å². The summed E-state index contributed by atoms with van der Waals surface area (Å²) in [7, 11) is 0. The summed E-state index contributed by atoms with van der Waals surface area (Å²) >= 11 is 3.01. The van der Waals surface area contributed by atoms with Gasteiger partial charge in [0.05, 0.1) is 12.0 Å². The van der Waals surface area contributed by atoms with Gasteiger partial charge >= 0.3 is 0 Å². The molecule has 0 bridgehead atoms. The highest BCUT2D eigenvalue weighted by molar-refractivity contribution is 7.98. The summed E-state index contributed by atoms with van der Waals surface area (Å²) in [6.07, 6.45) is 4.85. The van der Waals surface area contributed by atoms with E-state index in [1.165, 1.54) is 28.7 Å². The van der Waals surface area contributed by atoms with Crippen LogP contribution in [0.2, 0.25) is 0 Å². The van der Waals surface area contributed by atoms with Gasteiger partial charge in [-0.25, -0.2) is 4.98 Å². The molecule has 9 heteroatoms. The van der Waals surface area contributed by atoms with E-state index >= 15 is 0 Å². The predicted octanol–water partition coefficient (Wildman–Crippen LogP) is 5.50. The van der Waals surface area contributed by atoms with Gasteiger partial charge in [-0.1, -0.05) is 49.2 Å². The number of aromatic nitrogens is 4. The van der Waals surface area contributed by atoms with Gasteiger partial charge in [0, 0.05) is 17.6 Å². The number of hydrogen-bond donors (Lipinski definition) is 1. The van der Waals surface area contributed by atoms with Crippen molar-refractivity contribution in [2.24, 2.45) is 0 Å². The molecule has 0 fully saturated rings. The smallest absolute Gasteiger partial charge is 0.270 e. The second-order valence-corrected chi connectivity index (χ2v) is 9.22. The molecule has 0 aliphatic carbocycles. The normalized spacial score (nSPS) is 11.1. The molecule has 7 nitrogen and oxygen atoms in total. The molecule has 32 heavy (non-hydrogen) atoms. The lowest BCUT2D eigenvalue weighted by atomic mass is 10.2. The fourth-order valence-electron chi connectivity index (χ4n) is 3.13. The Labute approximate surface area is 195 Å². The minimum atomic E-state index is -0.114. The summed E-state index contributed by atoms with van der Waals surface area (Å²) < 4.78 is 7.56. The second kappa shape index (κ2) is 10.6. The minimum Gasteiger partial charge on any atom is -0.461 e. The van der Waals surface area contributed by atoms with E-state index in [9.17, 15) is 4.79 Å². The zero-order chi connectivity index (χ0) is 22.3. The van der Waals surface area contributed by atoms with Crippen molar-refractivity contribution in [3.05, 3.63) is 64.3 Å². The minimum absolute atomic E-state index is 0.114. The summed E-state index contributed by atoms with van der Waals surface area (Å²) in [5, 5.41) is 15.1. The van der Waals surface area contributed by atoms with Crippen molar-refractivity contribution >= 4 is 29.0 Å². The highest BCUT2D eigenvalue weighted by Gasteiger charge is 2.19. The van der Waals surface area contributed by atoms with Crippen molar-refractivity contribution in [2.75, 3.05) is 6.54 Å². The highest BCUT2D eigenvalue weighted by atomic mass is 32.2. The average molecular weight is 468 g/mol. The number of thiazole rings is 1. The second-order valence-electron chi connectivity index (χ2n) is 7.33. The van der Waals surface area contributed by atoms with Gasteiger partial charge in [0.2, 0.25) is 5.82 Å². The summed E-state index contributed by atoms with van der Waals surface area (Å²) in [6.45, 7) is 4.88. The van der Waals surface area contributed by atoms with Gasteiger partial charge in [-0.15, -0.1) is 21.5 Å². The van der Waals surface area contributed by atoms with Crippen LogP contribution in [0.15, 0.2) is 57.6 Å². The number of benzene rings is 1. The molecule has 4 rings (SSSR count). The highest BCUT2D eigenvalue weighted by Crippen LogP contribution is 2.30. The number of nitrogens with zero attached hydrogens (tertiary/aromatic N) is 4. The monoisotopic (exact) mass is 467 g/mol. The molecule has 0 spiro atoms. The number of rotatable bonds is 10. The van der Waals surface area contributed by atoms with E-state index in [0.29, 0.717) is 29.6 Å². The van der Waals surface area contributed by atoms with Crippen LogP contribution < -0.4 is 5.32 Å². The Morgan fingerprint density at radius 1 is 1.19 bits per heavy atom. The van der Waals surface area contributed by atoms with Crippen LogP contribution in [0.4, 0.5) is 0 Å². The molecular formula is C23H25N5O2S2. The van der Waals surface area contributed by atoms with Crippen LogP contribution in [0.5, 0.6) is 0 Å². The maximum atomic E-state index is 12.3. The molecule has 1 N–H and O–H groups in total. The number of hydrogen-bond acceptors (Lipinski definition) is 7. The Hall–Kier alpha value is -2.91. The summed E-state index contributed by atoms with van der Waals surface area (Å²) in [6, 6.07) is 11.9. The number of thioether (sulfide) groups is 1. The van der Waals surface area contributed by atoms with Gasteiger partial charge in [0.1, 0.15) is 10.7 Å². The van der Waals surface area contributed by atoms with E-state index in [-0.39, 0.29) is 5.91 Å². The lowest BCUT2D eigenvalue weighted by molar-refractivity contribution is 0.0948. The van der Waals surface area contributed by atoms with E-state index < -0.39 is 0 Å². The third kappa shape index (κ3) is 5.28. The number of nitrogens with one attached hydrogen (secondary N) is 1. The molecule has 0 aliphatic rings. The van der Waals surface area contributed by atoms with Crippen LogP contribution >= 0.6 is 23.1 Å². The molecular weight excluding hydrogens is 442 g/mol. The Bertz CT molecular complexity index is 1150. The van der Waals surface area contributed by atoms with Gasteiger partial charge < -0.3 is 9.73 Å². The van der Waals surface area contributed by atoms with Crippen LogP contribution in [0.25, 0.3) is 17.3 Å². The molecule has 3 aromatic heterocycles. The molecule has 0 aliphatic heterocycles. The molecule has 0 atom stereocenters. The first-order valence-electron chi connectivity index (χ1n) is 10.6. The van der Waals surface area contributed by atoms with Crippen molar-refractivity contribution in [3.8, 4) is 17.3 Å². The first kappa shape index (κ1) is 22.3. The van der Waals surface area contributed by atoms with Crippen LogP contribution in [0.3, 0.4) is 0 Å². The number of unbranched alkanes of at least 4 members (excludes halogenated alkanes) is 2. The van der Waals surface area contributed by atoms with E-state index in [4.69, 9.17) is 4.42 Å². The van der Waals surface area contributed by atoms with Gasteiger partial charge in [-0.05, 0) is 37.6 Å². The van der Waals surface area contributed by atoms with Crippen molar-refractivity contribution in [1.82, 2.24) is 25.1 Å². The molecule has 0 saturated heterocycles. The fourth-order valence-corrected chi connectivity index (χ4v) is 4.87. The van der Waals surface area contributed by atoms with Crippen LogP contribution in [-0.2, 0) is 5.75 Å². The molecule has 4 aromatic rings. The van der Waals surface area contributed by atoms with E-state index in [1.54, 1.807) is 6.26 Å². The third-order valence-corrected chi connectivity index (χ3v) is 6.81. The van der Waals surface area contributed by atoms with Gasteiger partial charge in [-0.3, -0.25) is 9.36 Å². The Kier molecular flexibility index (Phi) is 7.39. The summed E-state index contributed by atoms with van der Waals surface area (Å²) in [4.78, 5) is 16.8. The molecule has 0 unspecified atom stereocenters. The number of furan rings is 1. The van der Waals surface area contributed by atoms with Crippen molar-refractivity contribution in [3.63, 3.8) is 0 Å². The fraction of sp³-hybridized carbons (Fsp3) is 0.304. The number of aryl methyl sites for hydroxylation is 1. The largest absolute Gasteiger partial charge is 0.461 e. The molecule has 0 saturated carbocycles. The molecule has 166 valence electrons. The standard InChI is InChI=1S/C23H25N5O2S2/c1-3-4-5-12-24-22(29)18-14-31-20(25-18)15-32-23-27-26-21(19-7-6-13-30-19)28(23)17-10-8-16(2)9-11-17/h6-11,13-14H,3-5,12,15H2,1-2H3,(H,24,29).